The zero-order chi connectivity index (χ0) is 21.4. The van der Waals surface area contributed by atoms with Crippen molar-refractivity contribution in [3.63, 3.8) is 0 Å². The number of carbonyl (C=O) groups is 1. The summed E-state index contributed by atoms with van der Waals surface area (Å²) < 4.78 is 1.85. The summed E-state index contributed by atoms with van der Waals surface area (Å²) >= 11 is 1.59. The van der Waals surface area contributed by atoms with Crippen LogP contribution in [0.1, 0.15) is 30.2 Å². The van der Waals surface area contributed by atoms with E-state index in [2.05, 4.69) is 20.4 Å². The summed E-state index contributed by atoms with van der Waals surface area (Å²) in [6.45, 7) is 4.10. The Morgan fingerprint density at radius 2 is 2.03 bits per heavy atom. The van der Waals surface area contributed by atoms with E-state index >= 15 is 0 Å². The van der Waals surface area contributed by atoms with Gasteiger partial charge in [0.1, 0.15) is 5.82 Å². The fourth-order valence-electron chi connectivity index (χ4n) is 3.47. The number of hydrogen-bond donors (Lipinski definition) is 2. The second kappa shape index (κ2) is 7.81. The second-order valence-electron chi connectivity index (χ2n) is 7.42. The molecular weight excluding hydrogens is 408 g/mol. The van der Waals surface area contributed by atoms with Gasteiger partial charge in [-0.25, -0.2) is 14.6 Å². The molecule has 4 heterocycles. The first kappa shape index (κ1) is 19.2. The number of thiophene rings is 1. The Hall–Kier alpha value is -3.78. The van der Waals surface area contributed by atoms with Gasteiger partial charge in [0.15, 0.2) is 5.65 Å². The SMILES string of the molecule is CC(C)n1ncc2c(C(=O)Nc3ccc(-c4ncc[nH]4)cc3)cc(-c3cccs3)nc21. The summed E-state index contributed by atoms with van der Waals surface area (Å²) in [5.41, 5.74) is 3.68. The van der Waals surface area contributed by atoms with E-state index in [4.69, 9.17) is 4.98 Å². The van der Waals surface area contributed by atoms with Gasteiger partial charge in [-0.3, -0.25) is 4.79 Å². The number of pyridine rings is 1. The van der Waals surface area contributed by atoms with E-state index in [0.717, 1.165) is 27.3 Å². The third-order valence-electron chi connectivity index (χ3n) is 4.99. The average molecular weight is 429 g/mol. The van der Waals surface area contributed by atoms with Crippen molar-refractivity contribution in [1.29, 1.82) is 0 Å². The van der Waals surface area contributed by atoms with E-state index in [0.29, 0.717) is 16.9 Å². The van der Waals surface area contributed by atoms with Gasteiger partial charge in [0.05, 0.1) is 27.7 Å². The third-order valence-corrected chi connectivity index (χ3v) is 5.88. The second-order valence-corrected chi connectivity index (χ2v) is 8.37. The topological polar surface area (TPSA) is 88.5 Å². The maximum atomic E-state index is 13.3. The van der Waals surface area contributed by atoms with E-state index in [-0.39, 0.29) is 11.9 Å². The number of aromatic amines is 1. The molecule has 0 spiro atoms. The summed E-state index contributed by atoms with van der Waals surface area (Å²) in [5, 5.41) is 10.2. The Bertz CT molecular complexity index is 1340. The smallest absolute Gasteiger partial charge is 0.256 e. The van der Waals surface area contributed by atoms with Gasteiger partial charge in [0.25, 0.3) is 5.91 Å². The molecule has 7 nitrogen and oxygen atoms in total. The number of benzene rings is 1. The van der Waals surface area contributed by atoms with E-state index in [1.165, 1.54) is 0 Å². The van der Waals surface area contributed by atoms with Crippen molar-refractivity contribution in [1.82, 2.24) is 24.7 Å². The van der Waals surface area contributed by atoms with Gasteiger partial charge in [-0.05, 0) is 55.6 Å². The van der Waals surface area contributed by atoms with Crippen LogP contribution in [0.25, 0.3) is 33.0 Å². The number of rotatable bonds is 5. The molecule has 0 saturated heterocycles. The average Bonchev–Trinajstić information content (AvgIpc) is 3.55. The predicted octanol–water partition coefficient (Wildman–Crippen LogP) is 5.38. The standard InChI is InChI=1S/C23H20N6OS/c1-14(2)29-22-18(13-26-29)17(12-19(28-22)20-4-3-11-31-20)23(30)27-16-7-5-15(6-8-16)21-24-9-10-25-21/h3-14H,1-2H3,(H,24,25)(H,27,30). The monoisotopic (exact) mass is 428 g/mol. The minimum atomic E-state index is -0.195. The highest BCUT2D eigenvalue weighted by Gasteiger charge is 2.19. The molecule has 2 N–H and O–H groups in total. The van der Waals surface area contributed by atoms with Crippen LogP contribution in [0.15, 0.2) is 66.4 Å². The van der Waals surface area contributed by atoms with Crippen LogP contribution in [0, 0.1) is 0 Å². The minimum Gasteiger partial charge on any atom is -0.345 e. The van der Waals surface area contributed by atoms with Crippen LogP contribution in [0.3, 0.4) is 0 Å². The number of H-pyrrole nitrogens is 1. The number of amides is 1. The molecule has 31 heavy (non-hydrogen) atoms. The normalized spacial score (nSPS) is 11.3. The van der Waals surface area contributed by atoms with Crippen LogP contribution >= 0.6 is 11.3 Å². The van der Waals surface area contributed by atoms with Gasteiger partial charge in [-0.15, -0.1) is 11.3 Å². The molecule has 0 atom stereocenters. The molecule has 0 unspecified atom stereocenters. The van der Waals surface area contributed by atoms with Crippen molar-refractivity contribution in [3.8, 4) is 22.0 Å². The Balaban J connectivity index is 1.52. The zero-order valence-electron chi connectivity index (χ0n) is 17.0. The molecule has 0 aliphatic heterocycles. The van der Waals surface area contributed by atoms with Crippen LogP contribution in [0.4, 0.5) is 5.69 Å². The molecule has 5 rings (SSSR count). The van der Waals surface area contributed by atoms with E-state index < -0.39 is 0 Å². The van der Waals surface area contributed by atoms with Crippen LogP contribution in [-0.2, 0) is 0 Å². The highest BCUT2D eigenvalue weighted by Crippen LogP contribution is 2.29. The number of carbonyl (C=O) groups excluding carboxylic acids is 1. The Labute approximate surface area is 182 Å². The van der Waals surface area contributed by atoms with Crippen LogP contribution in [-0.4, -0.2) is 30.6 Å². The van der Waals surface area contributed by atoms with Gasteiger partial charge >= 0.3 is 0 Å². The molecule has 4 aromatic heterocycles. The lowest BCUT2D eigenvalue weighted by atomic mass is 10.1. The Kier molecular flexibility index (Phi) is 4.83. The van der Waals surface area contributed by atoms with E-state index in [9.17, 15) is 4.79 Å². The summed E-state index contributed by atoms with van der Waals surface area (Å²) in [4.78, 5) is 26.4. The molecular formula is C23H20N6OS. The van der Waals surface area contributed by atoms with Crippen molar-refractivity contribution < 1.29 is 4.79 Å². The van der Waals surface area contributed by atoms with Crippen molar-refractivity contribution in [2.75, 3.05) is 5.32 Å². The maximum absolute atomic E-state index is 13.3. The fourth-order valence-corrected chi connectivity index (χ4v) is 4.15. The zero-order valence-corrected chi connectivity index (χ0v) is 17.9. The lowest BCUT2D eigenvalue weighted by Gasteiger charge is -2.11. The molecule has 0 aliphatic rings. The van der Waals surface area contributed by atoms with Gasteiger partial charge in [-0.1, -0.05) is 6.07 Å². The maximum Gasteiger partial charge on any atom is 0.256 e. The molecule has 154 valence electrons. The fraction of sp³-hybridized carbons (Fsp3) is 0.130. The number of nitrogens with zero attached hydrogens (tertiary/aromatic N) is 4. The lowest BCUT2D eigenvalue weighted by molar-refractivity contribution is 0.102. The molecule has 0 fully saturated rings. The van der Waals surface area contributed by atoms with Crippen LogP contribution < -0.4 is 5.32 Å². The van der Waals surface area contributed by atoms with Crippen molar-refractivity contribution >= 4 is 34.0 Å². The summed E-state index contributed by atoms with van der Waals surface area (Å²) in [5.74, 6) is 0.592. The predicted molar refractivity (Wildman–Crippen MR) is 123 cm³/mol. The number of anilines is 1. The number of imidazole rings is 1. The molecule has 0 saturated carbocycles. The van der Waals surface area contributed by atoms with Gasteiger partial charge in [-0.2, -0.15) is 5.10 Å². The van der Waals surface area contributed by atoms with Crippen LogP contribution in [0.5, 0.6) is 0 Å². The molecule has 1 amide bonds. The van der Waals surface area contributed by atoms with E-state index in [1.807, 2.05) is 66.4 Å². The Morgan fingerprint density at radius 1 is 1.19 bits per heavy atom. The summed E-state index contributed by atoms with van der Waals surface area (Å²) in [6, 6.07) is 13.5. The number of fused-ring (bicyclic) bond motifs is 1. The molecule has 0 aliphatic carbocycles. The van der Waals surface area contributed by atoms with Gasteiger partial charge in [0.2, 0.25) is 0 Å². The summed E-state index contributed by atoms with van der Waals surface area (Å²) in [7, 11) is 0. The van der Waals surface area contributed by atoms with Crippen molar-refractivity contribution in [3.05, 3.63) is 72.0 Å². The Morgan fingerprint density at radius 3 is 2.71 bits per heavy atom. The first-order valence-electron chi connectivity index (χ1n) is 9.93. The molecule has 8 heteroatoms. The number of hydrogen-bond acceptors (Lipinski definition) is 5. The highest BCUT2D eigenvalue weighted by atomic mass is 32.1. The molecule has 5 aromatic rings. The number of nitrogens with one attached hydrogen (secondary N) is 2. The van der Waals surface area contributed by atoms with Crippen molar-refractivity contribution in [2.24, 2.45) is 0 Å². The van der Waals surface area contributed by atoms with E-state index in [1.54, 1.807) is 29.9 Å². The van der Waals surface area contributed by atoms with Crippen LogP contribution in [0.2, 0.25) is 0 Å². The molecule has 1 aromatic carbocycles. The molecule has 0 radical (unpaired) electrons. The summed E-state index contributed by atoms with van der Waals surface area (Å²) in [6.07, 6.45) is 5.21. The van der Waals surface area contributed by atoms with Crippen molar-refractivity contribution in [2.45, 2.75) is 19.9 Å². The first-order chi connectivity index (χ1) is 15.1. The van der Waals surface area contributed by atoms with Gasteiger partial charge < -0.3 is 10.3 Å². The largest absolute Gasteiger partial charge is 0.345 e. The van der Waals surface area contributed by atoms with Gasteiger partial charge in [0, 0.05) is 29.7 Å². The first-order valence-corrected chi connectivity index (χ1v) is 10.8. The molecule has 0 bridgehead atoms. The third kappa shape index (κ3) is 3.62. The highest BCUT2D eigenvalue weighted by molar-refractivity contribution is 7.13. The lowest BCUT2D eigenvalue weighted by Crippen LogP contribution is -2.13. The quantitative estimate of drug-likeness (QED) is 0.393. The minimum absolute atomic E-state index is 0.133. The number of aromatic nitrogens is 5.